The zero-order valence-corrected chi connectivity index (χ0v) is 16.0. The summed E-state index contributed by atoms with van der Waals surface area (Å²) in [4.78, 5) is 26.3. The fourth-order valence-electron chi connectivity index (χ4n) is 4.00. The molecule has 148 valence electrons. The third kappa shape index (κ3) is 6.86. The predicted octanol–water partition coefficient (Wildman–Crippen LogP) is 2.94. The van der Waals surface area contributed by atoms with Crippen LogP contribution in [0.2, 0.25) is 0 Å². The molecule has 0 bridgehead atoms. The molecule has 3 rings (SSSR count). The molecule has 1 aliphatic carbocycles. The minimum absolute atomic E-state index is 0.209. The minimum atomic E-state index is -0.354. The van der Waals surface area contributed by atoms with Crippen molar-refractivity contribution in [2.45, 2.75) is 51.0 Å². The van der Waals surface area contributed by atoms with Crippen molar-refractivity contribution < 1.29 is 14.3 Å². The van der Waals surface area contributed by atoms with Gasteiger partial charge in [0.1, 0.15) is 5.75 Å². The molecule has 0 spiro atoms. The van der Waals surface area contributed by atoms with E-state index in [1.54, 1.807) is 0 Å². The second-order valence-electron chi connectivity index (χ2n) is 7.72. The van der Waals surface area contributed by atoms with E-state index < -0.39 is 0 Å². The molecule has 2 fully saturated rings. The van der Waals surface area contributed by atoms with Crippen molar-refractivity contribution in [3.63, 3.8) is 0 Å². The van der Waals surface area contributed by atoms with E-state index in [-0.39, 0.29) is 24.5 Å². The molecule has 27 heavy (non-hydrogen) atoms. The molecule has 1 aromatic rings. The van der Waals surface area contributed by atoms with Crippen molar-refractivity contribution in [3.8, 4) is 5.75 Å². The summed E-state index contributed by atoms with van der Waals surface area (Å²) in [6, 6.07) is 9.67. The molecule has 1 atom stereocenters. The van der Waals surface area contributed by atoms with Gasteiger partial charge in [0, 0.05) is 18.5 Å². The van der Waals surface area contributed by atoms with E-state index in [0.717, 1.165) is 57.4 Å². The normalized spacial score (nSPS) is 21.4. The lowest BCUT2D eigenvalue weighted by Gasteiger charge is -2.32. The monoisotopic (exact) mass is 373 g/mol. The zero-order chi connectivity index (χ0) is 18.9. The van der Waals surface area contributed by atoms with Crippen LogP contribution in [0.4, 0.5) is 4.79 Å². The van der Waals surface area contributed by atoms with Crippen LogP contribution in [0, 0.1) is 5.92 Å². The van der Waals surface area contributed by atoms with Gasteiger partial charge in [-0.05, 0) is 44.4 Å². The van der Waals surface area contributed by atoms with Crippen LogP contribution in [0.25, 0.3) is 0 Å². The maximum Gasteiger partial charge on any atom is 0.321 e. The summed E-state index contributed by atoms with van der Waals surface area (Å²) in [6.07, 6.45) is 7.71. The summed E-state index contributed by atoms with van der Waals surface area (Å²) in [5.74, 6) is 1.06. The molecule has 1 aliphatic heterocycles. The average molecular weight is 373 g/mol. The summed E-state index contributed by atoms with van der Waals surface area (Å²) >= 11 is 0. The number of imide groups is 1. The number of piperidine rings is 1. The molecule has 2 N–H and O–H groups in total. The van der Waals surface area contributed by atoms with Gasteiger partial charge in [0.2, 0.25) is 5.91 Å². The number of likely N-dealkylation sites (tertiary alicyclic amines) is 1. The van der Waals surface area contributed by atoms with E-state index in [2.05, 4.69) is 15.5 Å². The number of hydrogen-bond acceptors (Lipinski definition) is 4. The van der Waals surface area contributed by atoms with E-state index in [1.165, 1.54) is 6.42 Å². The number of amides is 3. The zero-order valence-electron chi connectivity index (χ0n) is 16.0. The molecule has 1 unspecified atom stereocenters. The first-order valence-electron chi connectivity index (χ1n) is 10.2. The number of nitrogens with zero attached hydrogens (tertiary/aromatic N) is 1. The highest BCUT2D eigenvalue weighted by atomic mass is 16.5. The second-order valence-corrected chi connectivity index (χ2v) is 7.72. The van der Waals surface area contributed by atoms with Crippen LogP contribution in [0.5, 0.6) is 5.75 Å². The van der Waals surface area contributed by atoms with Crippen LogP contribution in [0.15, 0.2) is 30.3 Å². The molecule has 6 heteroatoms. The minimum Gasteiger partial charge on any atom is -0.493 e. The highest BCUT2D eigenvalue weighted by Crippen LogP contribution is 2.19. The van der Waals surface area contributed by atoms with Crippen molar-refractivity contribution in [1.82, 2.24) is 15.5 Å². The Kier molecular flexibility index (Phi) is 7.51. The summed E-state index contributed by atoms with van der Waals surface area (Å²) in [5.41, 5.74) is 0. The van der Waals surface area contributed by atoms with Crippen LogP contribution in [-0.4, -0.2) is 49.1 Å². The maximum absolute atomic E-state index is 12.2. The van der Waals surface area contributed by atoms with Crippen molar-refractivity contribution in [2.24, 2.45) is 5.92 Å². The molecule has 1 heterocycles. The standard InChI is InChI=1S/C21H31N3O3/c25-20(23-21(26)22-18-9-3-1-4-10-18)15-24-13-7-8-17(14-24)16-27-19-11-5-2-6-12-19/h2,5-6,11-12,17-18H,1,3-4,7-10,13-16H2,(H2,22,23,25,26). The van der Waals surface area contributed by atoms with Crippen molar-refractivity contribution in [1.29, 1.82) is 0 Å². The Morgan fingerprint density at radius 3 is 2.59 bits per heavy atom. The van der Waals surface area contributed by atoms with Crippen LogP contribution >= 0.6 is 0 Å². The maximum atomic E-state index is 12.2. The number of nitrogens with one attached hydrogen (secondary N) is 2. The number of benzene rings is 1. The van der Waals surface area contributed by atoms with Gasteiger partial charge in [0.05, 0.1) is 13.2 Å². The summed E-state index contributed by atoms with van der Waals surface area (Å²) in [6.45, 7) is 2.63. The fourth-order valence-corrected chi connectivity index (χ4v) is 4.00. The fraction of sp³-hybridized carbons (Fsp3) is 0.619. The van der Waals surface area contributed by atoms with Gasteiger partial charge < -0.3 is 10.1 Å². The molecule has 1 saturated carbocycles. The van der Waals surface area contributed by atoms with Crippen LogP contribution < -0.4 is 15.4 Å². The molecule has 1 saturated heterocycles. The number of carbonyl (C=O) groups excluding carboxylic acids is 2. The Balaban J connectivity index is 1.36. The second kappa shape index (κ2) is 10.3. The number of urea groups is 1. The SMILES string of the molecule is O=C(CN1CCCC(COc2ccccc2)C1)NC(=O)NC1CCCCC1. The topological polar surface area (TPSA) is 70.7 Å². The average Bonchev–Trinajstić information content (AvgIpc) is 2.68. The molecule has 2 aliphatic rings. The van der Waals surface area contributed by atoms with Crippen molar-refractivity contribution in [2.75, 3.05) is 26.2 Å². The third-order valence-electron chi connectivity index (χ3n) is 5.39. The molecular formula is C21H31N3O3. The van der Waals surface area contributed by atoms with E-state index in [9.17, 15) is 9.59 Å². The number of rotatable bonds is 6. The van der Waals surface area contributed by atoms with Crippen molar-refractivity contribution in [3.05, 3.63) is 30.3 Å². The highest BCUT2D eigenvalue weighted by Gasteiger charge is 2.23. The lowest BCUT2D eigenvalue weighted by atomic mass is 9.96. The van der Waals surface area contributed by atoms with Gasteiger partial charge in [-0.15, -0.1) is 0 Å². The Bertz CT molecular complexity index is 602. The van der Waals surface area contributed by atoms with E-state index >= 15 is 0 Å². The van der Waals surface area contributed by atoms with Gasteiger partial charge in [0.25, 0.3) is 0 Å². The quantitative estimate of drug-likeness (QED) is 0.804. The molecule has 0 aromatic heterocycles. The predicted molar refractivity (Wildman–Crippen MR) is 105 cm³/mol. The molecule has 6 nitrogen and oxygen atoms in total. The summed E-state index contributed by atoms with van der Waals surface area (Å²) < 4.78 is 5.86. The molecule has 0 radical (unpaired) electrons. The van der Waals surface area contributed by atoms with E-state index in [1.807, 2.05) is 30.3 Å². The van der Waals surface area contributed by atoms with E-state index in [0.29, 0.717) is 12.5 Å². The van der Waals surface area contributed by atoms with Gasteiger partial charge in [-0.1, -0.05) is 37.5 Å². The first-order valence-corrected chi connectivity index (χ1v) is 10.2. The van der Waals surface area contributed by atoms with Crippen LogP contribution in [0.1, 0.15) is 44.9 Å². The summed E-state index contributed by atoms with van der Waals surface area (Å²) in [5, 5.41) is 5.41. The van der Waals surface area contributed by atoms with Gasteiger partial charge in [-0.2, -0.15) is 0 Å². The third-order valence-corrected chi connectivity index (χ3v) is 5.39. The Morgan fingerprint density at radius 2 is 1.81 bits per heavy atom. The van der Waals surface area contributed by atoms with Crippen LogP contribution in [0.3, 0.4) is 0 Å². The van der Waals surface area contributed by atoms with Gasteiger partial charge >= 0.3 is 6.03 Å². The van der Waals surface area contributed by atoms with Gasteiger partial charge in [-0.3, -0.25) is 15.0 Å². The molecule has 1 aromatic carbocycles. The summed E-state index contributed by atoms with van der Waals surface area (Å²) in [7, 11) is 0. The molecule has 3 amide bonds. The highest BCUT2D eigenvalue weighted by molar-refractivity contribution is 5.95. The van der Waals surface area contributed by atoms with Gasteiger partial charge in [-0.25, -0.2) is 4.79 Å². The van der Waals surface area contributed by atoms with Gasteiger partial charge in [0.15, 0.2) is 0 Å². The Morgan fingerprint density at radius 1 is 1.04 bits per heavy atom. The number of ether oxygens (including phenoxy) is 1. The first kappa shape index (κ1) is 19.7. The largest absolute Gasteiger partial charge is 0.493 e. The smallest absolute Gasteiger partial charge is 0.321 e. The Labute approximate surface area is 161 Å². The van der Waals surface area contributed by atoms with Crippen LogP contribution in [-0.2, 0) is 4.79 Å². The lowest BCUT2D eigenvalue weighted by molar-refractivity contribution is -0.121. The van der Waals surface area contributed by atoms with E-state index in [4.69, 9.17) is 4.74 Å². The number of hydrogen-bond donors (Lipinski definition) is 2. The Hall–Kier alpha value is -2.08. The van der Waals surface area contributed by atoms with Crippen molar-refractivity contribution >= 4 is 11.9 Å². The number of para-hydroxylation sites is 1. The first-order chi connectivity index (χ1) is 13.2. The molecular weight excluding hydrogens is 342 g/mol. The number of carbonyl (C=O) groups is 2. The lowest BCUT2D eigenvalue weighted by Crippen LogP contribution is -2.49.